The lowest BCUT2D eigenvalue weighted by Crippen LogP contribution is -2.44. The molecule has 1 amide bonds. The Morgan fingerprint density at radius 1 is 1.04 bits per heavy atom. The van der Waals surface area contributed by atoms with Crippen LogP contribution in [0.15, 0.2) is 12.1 Å². The molecular formula is C15H16F3NO6. The molecule has 1 aromatic rings. The van der Waals surface area contributed by atoms with Crippen LogP contribution in [-0.2, 0) is 14.3 Å². The van der Waals surface area contributed by atoms with Gasteiger partial charge >= 0.3 is 18.1 Å². The number of benzene rings is 1. The normalized spacial score (nSPS) is 10.8. The Bertz CT molecular complexity index is 661. The summed E-state index contributed by atoms with van der Waals surface area (Å²) in [6.07, 6.45) is -5.23. The number of carbonyl (C=O) groups is 3. The summed E-state index contributed by atoms with van der Waals surface area (Å²) in [5, 5.41) is 0. The van der Waals surface area contributed by atoms with E-state index >= 15 is 0 Å². The Balaban J connectivity index is 3.56. The second-order valence-electron chi connectivity index (χ2n) is 4.75. The highest BCUT2D eigenvalue weighted by molar-refractivity contribution is 6.04. The summed E-state index contributed by atoms with van der Waals surface area (Å²) in [6, 6.07) is 2.07. The molecule has 0 bridgehead atoms. The van der Waals surface area contributed by atoms with Crippen molar-refractivity contribution in [3.8, 4) is 11.5 Å². The molecule has 0 aliphatic carbocycles. The van der Waals surface area contributed by atoms with E-state index in [1.54, 1.807) is 0 Å². The second-order valence-corrected chi connectivity index (χ2v) is 4.75. The minimum absolute atomic E-state index is 0.00812. The maximum absolute atomic E-state index is 12.9. The molecule has 0 aliphatic heterocycles. The third kappa shape index (κ3) is 4.61. The van der Waals surface area contributed by atoms with Gasteiger partial charge in [-0.25, -0.2) is 0 Å². The minimum Gasteiger partial charge on any atom is -0.496 e. The van der Waals surface area contributed by atoms with Crippen LogP contribution in [0, 0.1) is 0 Å². The lowest BCUT2D eigenvalue weighted by Gasteiger charge is -2.24. The van der Waals surface area contributed by atoms with Gasteiger partial charge in [0, 0.05) is 12.1 Å². The number of halogens is 3. The van der Waals surface area contributed by atoms with Crippen molar-refractivity contribution >= 4 is 23.3 Å². The van der Waals surface area contributed by atoms with Crippen LogP contribution in [0.3, 0.4) is 0 Å². The van der Waals surface area contributed by atoms with Gasteiger partial charge in [-0.1, -0.05) is 0 Å². The number of ketones is 1. The summed E-state index contributed by atoms with van der Waals surface area (Å²) < 4.78 is 52.9. The number of ether oxygens (including phenoxy) is 3. The molecule has 0 atom stereocenters. The number of Topliss-reactive ketones (excluding diaryl/α,β-unsaturated/α-hetero) is 1. The highest BCUT2D eigenvalue weighted by atomic mass is 19.4. The molecule has 0 N–H and O–H groups in total. The van der Waals surface area contributed by atoms with Crippen LogP contribution in [-0.4, -0.2) is 51.7 Å². The number of carbonyl (C=O) groups excluding carboxylic acids is 3. The zero-order valence-electron chi connectivity index (χ0n) is 13.9. The first kappa shape index (κ1) is 20.3. The van der Waals surface area contributed by atoms with Gasteiger partial charge in [-0.3, -0.25) is 19.3 Å². The summed E-state index contributed by atoms with van der Waals surface area (Å²) in [5.41, 5.74) is -0.349. The topological polar surface area (TPSA) is 82.1 Å². The first-order valence-electron chi connectivity index (χ1n) is 6.79. The van der Waals surface area contributed by atoms with Crippen molar-refractivity contribution in [2.45, 2.75) is 13.1 Å². The van der Waals surface area contributed by atoms with Crippen molar-refractivity contribution < 1.29 is 41.8 Å². The molecule has 0 saturated carbocycles. The van der Waals surface area contributed by atoms with Crippen LogP contribution in [0.2, 0.25) is 0 Å². The summed E-state index contributed by atoms with van der Waals surface area (Å²) in [5.74, 6) is -4.01. The Hall–Kier alpha value is -2.78. The van der Waals surface area contributed by atoms with E-state index in [2.05, 4.69) is 4.74 Å². The molecule has 1 aromatic carbocycles. The number of methoxy groups -OCH3 is 3. The molecule has 0 spiro atoms. The van der Waals surface area contributed by atoms with Gasteiger partial charge in [-0.2, -0.15) is 13.2 Å². The predicted molar refractivity (Wildman–Crippen MR) is 80.0 cm³/mol. The Morgan fingerprint density at radius 2 is 1.52 bits per heavy atom. The fraction of sp³-hybridized carbons (Fsp3) is 0.400. The molecular weight excluding hydrogens is 347 g/mol. The van der Waals surface area contributed by atoms with Crippen LogP contribution in [0.5, 0.6) is 11.5 Å². The Morgan fingerprint density at radius 3 is 1.84 bits per heavy atom. The first-order valence-corrected chi connectivity index (χ1v) is 6.79. The van der Waals surface area contributed by atoms with Crippen LogP contribution >= 0.6 is 0 Å². The van der Waals surface area contributed by atoms with Gasteiger partial charge in [-0.05, 0) is 6.92 Å². The third-order valence-corrected chi connectivity index (χ3v) is 3.16. The maximum Gasteiger partial charge on any atom is 0.471 e. The van der Waals surface area contributed by atoms with Crippen LogP contribution in [0.1, 0.15) is 17.3 Å². The number of hydrogen-bond acceptors (Lipinski definition) is 6. The Labute approximate surface area is 141 Å². The number of esters is 1. The van der Waals surface area contributed by atoms with E-state index in [4.69, 9.17) is 9.47 Å². The van der Waals surface area contributed by atoms with Gasteiger partial charge in [0.15, 0.2) is 5.78 Å². The molecule has 0 aromatic heterocycles. The number of amides is 1. The molecule has 25 heavy (non-hydrogen) atoms. The van der Waals surface area contributed by atoms with Crippen LogP contribution in [0.25, 0.3) is 0 Å². The molecule has 10 heteroatoms. The number of nitrogens with zero attached hydrogens (tertiary/aromatic N) is 1. The molecule has 0 saturated heterocycles. The molecule has 0 aliphatic rings. The maximum atomic E-state index is 12.9. The van der Waals surface area contributed by atoms with Crippen molar-refractivity contribution in [3.05, 3.63) is 17.7 Å². The van der Waals surface area contributed by atoms with Gasteiger partial charge < -0.3 is 14.2 Å². The largest absolute Gasteiger partial charge is 0.496 e. The van der Waals surface area contributed by atoms with Gasteiger partial charge in [0.2, 0.25) is 0 Å². The first-order chi connectivity index (χ1) is 11.6. The van der Waals surface area contributed by atoms with E-state index < -0.39 is 30.4 Å². The standard InChI is InChI=1S/C15H16F3NO6/c1-8(20)13-10(23-2)5-9(6-11(13)24-3)19(7-12(21)25-4)14(22)15(16,17)18/h5-6H,7H2,1-4H3. The van der Waals surface area contributed by atoms with Crippen LogP contribution in [0.4, 0.5) is 18.9 Å². The highest BCUT2D eigenvalue weighted by Crippen LogP contribution is 2.36. The zero-order valence-corrected chi connectivity index (χ0v) is 13.9. The summed E-state index contributed by atoms with van der Waals surface area (Å²) >= 11 is 0. The van der Waals surface area contributed by atoms with Gasteiger partial charge in [0.1, 0.15) is 23.6 Å². The fourth-order valence-electron chi connectivity index (χ4n) is 2.03. The van der Waals surface area contributed by atoms with Crippen molar-refractivity contribution in [1.29, 1.82) is 0 Å². The molecule has 0 fully saturated rings. The SMILES string of the molecule is COC(=O)CN(C(=O)C(F)(F)F)c1cc(OC)c(C(C)=O)c(OC)c1. The molecule has 138 valence electrons. The lowest BCUT2D eigenvalue weighted by atomic mass is 10.1. The smallest absolute Gasteiger partial charge is 0.471 e. The Kier molecular flexibility index (Phi) is 6.37. The summed E-state index contributed by atoms with van der Waals surface area (Å²) in [7, 11) is 3.36. The van der Waals surface area contributed by atoms with E-state index in [0.717, 1.165) is 19.2 Å². The van der Waals surface area contributed by atoms with Crippen molar-refractivity contribution in [2.75, 3.05) is 32.8 Å². The second kappa shape index (κ2) is 7.86. The van der Waals surface area contributed by atoms with E-state index in [1.165, 1.54) is 21.1 Å². The minimum atomic E-state index is -5.23. The quantitative estimate of drug-likeness (QED) is 0.568. The monoisotopic (exact) mass is 363 g/mol. The van der Waals surface area contributed by atoms with E-state index in [9.17, 15) is 27.6 Å². The molecule has 7 nitrogen and oxygen atoms in total. The van der Waals surface area contributed by atoms with E-state index in [1.807, 2.05) is 0 Å². The zero-order chi connectivity index (χ0) is 19.4. The lowest BCUT2D eigenvalue weighted by molar-refractivity contribution is -0.171. The number of anilines is 1. The van der Waals surface area contributed by atoms with Gasteiger partial charge in [-0.15, -0.1) is 0 Å². The highest BCUT2D eigenvalue weighted by Gasteiger charge is 2.44. The molecule has 0 unspecified atom stereocenters. The van der Waals surface area contributed by atoms with Crippen molar-refractivity contribution in [3.63, 3.8) is 0 Å². The van der Waals surface area contributed by atoms with Crippen molar-refractivity contribution in [2.24, 2.45) is 0 Å². The van der Waals surface area contributed by atoms with E-state index in [0.29, 0.717) is 0 Å². The van der Waals surface area contributed by atoms with E-state index in [-0.39, 0.29) is 27.6 Å². The average Bonchev–Trinajstić information content (AvgIpc) is 2.56. The predicted octanol–water partition coefficient (Wildman–Crippen LogP) is 1.97. The average molecular weight is 363 g/mol. The fourth-order valence-corrected chi connectivity index (χ4v) is 2.03. The van der Waals surface area contributed by atoms with Crippen LogP contribution < -0.4 is 14.4 Å². The van der Waals surface area contributed by atoms with Gasteiger partial charge in [0.25, 0.3) is 0 Å². The number of alkyl halides is 3. The molecule has 1 rings (SSSR count). The summed E-state index contributed by atoms with van der Waals surface area (Å²) in [4.78, 5) is 35.0. The van der Waals surface area contributed by atoms with Crippen molar-refractivity contribution in [1.82, 2.24) is 0 Å². The number of rotatable bonds is 6. The van der Waals surface area contributed by atoms with Gasteiger partial charge in [0.05, 0.1) is 27.0 Å². The number of hydrogen-bond donors (Lipinski definition) is 0. The summed E-state index contributed by atoms with van der Waals surface area (Å²) in [6.45, 7) is 0.230. The molecule has 0 heterocycles. The third-order valence-electron chi connectivity index (χ3n) is 3.16. The molecule has 0 radical (unpaired) electrons.